The standard InChI is InChI=1S/C23H30N2O3S/c1-2-18-8-13-20(14-9-18)24-23(26)17-12-19-10-15-22(16-11-19)29(27,28)25-21-6-4-3-5-7-21/h8-11,13-16,21,25H,2-7,12,17H2,1H3,(H,24,26). The molecular weight excluding hydrogens is 384 g/mol. The minimum absolute atomic E-state index is 0.0449. The lowest BCUT2D eigenvalue weighted by atomic mass is 9.96. The fourth-order valence-electron chi connectivity index (χ4n) is 3.65. The van der Waals surface area contributed by atoms with E-state index < -0.39 is 10.0 Å². The van der Waals surface area contributed by atoms with Gasteiger partial charge in [-0.05, 0) is 61.1 Å². The van der Waals surface area contributed by atoms with E-state index in [4.69, 9.17) is 0 Å². The van der Waals surface area contributed by atoms with Crippen molar-refractivity contribution in [2.24, 2.45) is 0 Å². The van der Waals surface area contributed by atoms with Crippen molar-refractivity contribution in [2.45, 2.75) is 69.2 Å². The number of hydrogen-bond donors (Lipinski definition) is 2. The molecule has 5 nitrogen and oxygen atoms in total. The summed E-state index contributed by atoms with van der Waals surface area (Å²) in [6.07, 6.45) is 7.05. The minimum atomic E-state index is -3.48. The Balaban J connectivity index is 1.51. The van der Waals surface area contributed by atoms with Gasteiger partial charge in [0.05, 0.1) is 4.90 Å². The van der Waals surface area contributed by atoms with E-state index >= 15 is 0 Å². The molecule has 2 N–H and O–H groups in total. The molecule has 0 radical (unpaired) electrons. The predicted molar refractivity (Wildman–Crippen MR) is 116 cm³/mol. The highest BCUT2D eigenvalue weighted by molar-refractivity contribution is 7.89. The van der Waals surface area contributed by atoms with Crippen molar-refractivity contribution in [2.75, 3.05) is 5.32 Å². The molecule has 0 unspecified atom stereocenters. The molecule has 0 atom stereocenters. The molecule has 29 heavy (non-hydrogen) atoms. The summed E-state index contributed by atoms with van der Waals surface area (Å²) >= 11 is 0. The van der Waals surface area contributed by atoms with E-state index in [0.717, 1.165) is 43.4 Å². The van der Waals surface area contributed by atoms with E-state index in [1.54, 1.807) is 24.3 Å². The molecule has 2 aromatic rings. The molecule has 1 fully saturated rings. The number of hydrogen-bond acceptors (Lipinski definition) is 3. The topological polar surface area (TPSA) is 75.3 Å². The number of carbonyl (C=O) groups is 1. The van der Waals surface area contributed by atoms with E-state index in [-0.39, 0.29) is 16.8 Å². The Morgan fingerprint density at radius 1 is 0.931 bits per heavy atom. The van der Waals surface area contributed by atoms with Crippen LogP contribution < -0.4 is 10.0 Å². The van der Waals surface area contributed by atoms with Crippen LogP contribution >= 0.6 is 0 Å². The molecule has 1 aliphatic rings. The third kappa shape index (κ3) is 6.41. The van der Waals surface area contributed by atoms with E-state index in [1.165, 1.54) is 12.0 Å². The monoisotopic (exact) mass is 414 g/mol. The lowest BCUT2D eigenvalue weighted by Gasteiger charge is -2.22. The Hall–Kier alpha value is -2.18. The van der Waals surface area contributed by atoms with Gasteiger partial charge in [0.15, 0.2) is 0 Å². The summed E-state index contributed by atoms with van der Waals surface area (Å²) in [6.45, 7) is 2.09. The molecule has 0 bridgehead atoms. The third-order valence-corrected chi connectivity index (χ3v) is 6.98. The van der Waals surface area contributed by atoms with Gasteiger partial charge in [0.1, 0.15) is 0 Å². The van der Waals surface area contributed by atoms with Crippen LogP contribution in [0.5, 0.6) is 0 Å². The lowest BCUT2D eigenvalue weighted by Crippen LogP contribution is -2.36. The van der Waals surface area contributed by atoms with Gasteiger partial charge in [-0.3, -0.25) is 4.79 Å². The fraction of sp³-hybridized carbons (Fsp3) is 0.435. The summed E-state index contributed by atoms with van der Waals surface area (Å²) < 4.78 is 27.9. The molecule has 156 valence electrons. The van der Waals surface area contributed by atoms with Gasteiger partial charge in [0, 0.05) is 18.2 Å². The van der Waals surface area contributed by atoms with Crippen molar-refractivity contribution in [3.05, 3.63) is 59.7 Å². The third-order valence-electron chi connectivity index (χ3n) is 5.45. The van der Waals surface area contributed by atoms with Gasteiger partial charge in [-0.15, -0.1) is 0 Å². The molecule has 0 saturated heterocycles. The molecule has 6 heteroatoms. The van der Waals surface area contributed by atoms with E-state index in [0.29, 0.717) is 12.8 Å². The molecule has 0 spiro atoms. The summed E-state index contributed by atoms with van der Waals surface area (Å²) in [7, 11) is -3.48. The van der Waals surface area contributed by atoms with Crippen molar-refractivity contribution in [3.63, 3.8) is 0 Å². The molecule has 1 amide bonds. The van der Waals surface area contributed by atoms with Crippen LogP contribution in [0, 0.1) is 0 Å². The Bertz CT molecular complexity index is 900. The van der Waals surface area contributed by atoms with Crippen LogP contribution in [0.25, 0.3) is 0 Å². The Morgan fingerprint density at radius 3 is 2.17 bits per heavy atom. The van der Waals surface area contributed by atoms with E-state index in [1.807, 2.05) is 24.3 Å². The predicted octanol–water partition coefficient (Wildman–Crippen LogP) is 4.43. The molecule has 3 rings (SSSR count). The smallest absolute Gasteiger partial charge is 0.240 e. The Morgan fingerprint density at radius 2 is 1.55 bits per heavy atom. The van der Waals surface area contributed by atoms with Gasteiger partial charge in [-0.2, -0.15) is 0 Å². The molecule has 0 aromatic heterocycles. The number of sulfonamides is 1. The van der Waals surface area contributed by atoms with Crippen LogP contribution in [-0.4, -0.2) is 20.4 Å². The maximum absolute atomic E-state index is 12.6. The average Bonchev–Trinajstić information content (AvgIpc) is 2.73. The zero-order valence-corrected chi connectivity index (χ0v) is 17.8. The summed E-state index contributed by atoms with van der Waals surface area (Å²) in [5.74, 6) is -0.0510. The first-order valence-electron chi connectivity index (χ1n) is 10.5. The number of benzene rings is 2. The SMILES string of the molecule is CCc1ccc(NC(=O)CCc2ccc(S(=O)(=O)NC3CCCCC3)cc2)cc1. The molecular formula is C23H30N2O3S. The first kappa shape index (κ1) is 21.5. The fourth-order valence-corrected chi connectivity index (χ4v) is 4.95. The van der Waals surface area contributed by atoms with Gasteiger partial charge < -0.3 is 5.32 Å². The first-order valence-corrected chi connectivity index (χ1v) is 11.9. The van der Waals surface area contributed by atoms with Crippen LogP contribution in [0.3, 0.4) is 0 Å². The molecule has 0 aliphatic heterocycles. The maximum Gasteiger partial charge on any atom is 0.240 e. The second-order valence-electron chi connectivity index (χ2n) is 7.70. The molecule has 0 heterocycles. The van der Waals surface area contributed by atoms with E-state index in [2.05, 4.69) is 17.0 Å². The van der Waals surface area contributed by atoms with Gasteiger partial charge in [-0.1, -0.05) is 50.5 Å². The molecule has 1 aliphatic carbocycles. The maximum atomic E-state index is 12.6. The van der Waals surface area contributed by atoms with Crippen LogP contribution in [-0.2, 0) is 27.7 Å². The summed E-state index contributed by atoms with van der Waals surface area (Å²) in [5, 5.41) is 2.90. The van der Waals surface area contributed by atoms with Crippen molar-refractivity contribution in [1.82, 2.24) is 4.72 Å². The number of aryl methyl sites for hydroxylation is 2. The van der Waals surface area contributed by atoms with Crippen molar-refractivity contribution in [1.29, 1.82) is 0 Å². The number of nitrogens with one attached hydrogen (secondary N) is 2. The molecule has 1 saturated carbocycles. The zero-order valence-electron chi connectivity index (χ0n) is 17.0. The van der Waals surface area contributed by atoms with Crippen molar-refractivity contribution >= 4 is 21.6 Å². The lowest BCUT2D eigenvalue weighted by molar-refractivity contribution is -0.116. The highest BCUT2D eigenvalue weighted by atomic mass is 32.2. The number of amides is 1. The molecule has 2 aromatic carbocycles. The van der Waals surface area contributed by atoms with Crippen molar-refractivity contribution in [3.8, 4) is 0 Å². The van der Waals surface area contributed by atoms with Gasteiger partial charge >= 0.3 is 0 Å². The first-order chi connectivity index (χ1) is 14.0. The van der Waals surface area contributed by atoms with Gasteiger partial charge in [0.25, 0.3) is 0 Å². The Labute approximate surface area is 174 Å². The summed E-state index contributed by atoms with van der Waals surface area (Å²) in [6, 6.07) is 14.7. The largest absolute Gasteiger partial charge is 0.326 e. The van der Waals surface area contributed by atoms with Crippen LogP contribution in [0.15, 0.2) is 53.4 Å². The second kappa shape index (κ2) is 10.0. The van der Waals surface area contributed by atoms with Crippen LogP contribution in [0.1, 0.15) is 56.6 Å². The highest BCUT2D eigenvalue weighted by Crippen LogP contribution is 2.20. The quantitative estimate of drug-likeness (QED) is 0.671. The highest BCUT2D eigenvalue weighted by Gasteiger charge is 2.21. The minimum Gasteiger partial charge on any atom is -0.326 e. The summed E-state index contributed by atoms with van der Waals surface area (Å²) in [4.78, 5) is 12.5. The van der Waals surface area contributed by atoms with E-state index in [9.17, 15) is 13.2 Å². The average molecular weight is 415 g/mol. The van der Waals surface area contributed by atoms with Crippen LogP contribution in [0.2, 0.25) is 0 Å². The summed E-state index contributed by atoms with van der Waals surface area (Å²) in [5.41, 5.74) is 2.97. The number of rotatable bonds is 8. The number of anilines is 1. The van der Waals surface area contributed by atoms with Gasteiger partial charge in [0.2, 0.25) is 15.9 Å². The number of carbonyl (C=O) groups excluding carboxylic acids is 1. The van der Waals surface area contributed by atoms with Crippen LogP contribution in [0.4, 0.5) is 5.69 Å². The van der Waals surface area contributed by atoms with Gasteiger partial charge in [-0.25, -0.2) is 13.1 Å². The zero-order chi connectivity index (χ0) is 20.7. The Kier molecular flexibility index (Phi) is 7.45. The second-order valence-corrected chi connectivity index (χ2v) is 9.41. The van der Waals surface area contributed by atoms with Crippen molar-refractivity contribution < 1.29 is 13.2 Å². The normalized spacial score (nSPS) is 15.2.